The Bertz CT molecular complexity index is 525. The predicted molar refractivity (Wildman–Crippen MR) is 67.6 cm³/mol. The first-order valence-electron chi connectivity index (χ1n) is 5.84. The lowest BCUT2D eigenvalue weighted by atomic mass is 9.97. The van der Waals surface area contributed by atoms with Gasteiger partial charge in [-0.1, -0.05) is 24.3 Å². The third-order valence-electron chi connectivity index (χ3n) is 3.36. The number of nitrogens with one attached hydrogen (secondary N) is 2. The van der Waals surface area contributed by atoms with E-state index in [4.69, 9.17) is 0 Å². The van der Waals surface area contributed by atoms with Crippen molar-refractivity contribution in [3.05, 3.63) is 48.2 Å². The molecule has 3 rings (SSSR count). The summed E-state index contributed by atoms with van der Waals surface area (Å²) in [5.41, 5.74) is 4.10. The SMILES string of the molecule is C=CC[C@@H]1NCCc2c1[nH]c1ccccc21. The van der Waals surface area contributed by atoms with Gasteiger partial charge in [0.05, 0.1) is 6.04 Å². The summed E-state index contributed by atoms with van der Waals surface area (Å²) in [4.78, 5) is 3.54. The quantitative estimate of drug-likeness (QED) is 0.736. The number of H-pyrrole nitrogens is 1. The molecule has 0 unspecified atom stereocenters. The molecule has 2 nitrogen and oxygen atoms in total. The number of hydrogen-bond donors (Lipinski definition) is 2. The van der Waals surface area contributed by atoms with Crippen LogP contribution in [0.5, 0.6) is 0 Å². The van der Waals surface area contributed by atoms with Crippen LogP contribution in [0.15, 0.2) is 36.9 Å². The van der Waals surface area contributed by atoms with Crippen molar-refractivity contribution < 1.29 is 0 Å². The molecule has 82 valence electrons. The van der Waals surface area contributed by atoms with E-state index in [1.54, 1.807) is 0 Å². The Balaban J connectivity index is 2.17. The van der Waals surface area contributed by atoms with E-state index in [0.29, 0.717) is 6.04 Å². The highest BCUT2D eigenvalue weighted by molar-refractivity contribution is 5.85. The Morgan fingerprint density at radius 1 is 1.38 bits per heavy atom. The van der Waals surface area contributed by atoms with Gasteiger partial charge in [0.25, 0.3) is 0 Å². The van der Waals surface area contributed by atoms with Gasteiger partial charge in [-0.3, -0.25) is 0 Å². The molecule has 1 aliphatic rings. The van der Waals surface area contributed by atoms with Crippen LogP contribution in [0.1, 0.15) is 23.7 Å². The molecule has 2 aromatic rings. The van der Waals surface area contributed by atoms with E-state index < -0.39 is 0 Å². The third-order valence-corrected chi connectivity index (χ3v) is 3.36. The minimum atomic E-state index is 0.411. The first kappa shape index (κ1) is 9.67. The van der Waals surface area contributed by atoms with Crippen molar-refractivity contribution in [2.45, 2.75) is 18.9 Å². The number of fused-ring (bicyclic) bond motifs is 3. The summed E-state index contributed by atoms with van der Waals surface area (Å²) in [5, 5.41) is 4.92. The largest absolute Gasteiger partial charge is 0.357 e. The Kier molecular flexibility index (Phi) is 2.29. The molecule has 0 radical (unpaired) electrons. The van der Waals surface area contributed by atoms with Gasteiger partial charge < -0.3 is 10.3 Å². The second-order valence-electron chi connectivity index (χ2n) is 4.34. The fourth-order valence-electron chi connectivity index (χ4n) is 2.63. The van der Waals surface area contributed by atoms with Crippen molar-refractivity contribution in [1.29, 1.82) is 0 Å². The fourth-order valence-corrected chi connectivity index (χ4v) is 2.63. The van der Waals surface area contributed by atoms with Crippen LogP contribution in [0.4, 0.5) is 0 Å². The third kappa shape index (κ3) is 1.38. The summed E-state index contributed by atoms with van der Waals surface area (Å²) < 4.78 is 0. The molecule has 0 saturated heterocycles. The lowest BCUT2D eigenvalue weighted by Crippen LogP contribution is -2.29. The summed E-state index contributed by atoms with van der Waals surface area (Å²) in [7, 11) is 0. The maximum atomic E-state index is 3.83. The van der Waals surface area contributed by atoms with E-state index in [9.17, 15) is 0 Å². The van der Waals surface area contributed by atoms with Gasteiger partial charge in [0.1, 0.15) is 0 Å². The summed E-state index contributed by atoms with van der Waals surface area (Å²) >= 11 is 0. The summed E-state index contributed by atoms with van der Waals surface area (Å²) in [6, 6.07) is 8.97. The molecule has 0 saturated carbocycles. The molecule has 1 aliphatic heterocycles. The van der Waals surface area contributed by atoms with E-state index in [1.165, 1.54) is 22.2 Å². The van der Waals surface area contributed by atoms with E-state index >= 15 is 0 Å². The van der Waals surface area contributed by atoms with Crippen molar-refractivity contribution in [3.8, 4) is 0 Å². The number of hydrogen-bond acceptors (Lipinski definition) is 1. The molecule has 16 heavy (non-hydrogen) atoms. The Morgan fingerprint density at radius 2 is 2.25 bits per heavy atom. The van der Waals surface area contributed by atoms with Crippen LogP contribution < -0.4 is 5.32 Å². The van der Waals surface area contributed by atoms with Crippen molar-refractivity contribution in [1.82, 2.24) is 10.3 Å². The molecule has 1 aromatic heterocycles. The lowest BCUT2D eigenvalue weighted by molar-refractivity contribution is 0.502. The molecular formula is C14H16N2. The van der Waals surface area contributed by atoms with Gasteiger partial charge in [0, 0.05) is 16.6 Å². The van der Waals surface area contributed by atoms with Gasteiger partial charge >= 0.3 is 0 Å². The molecule has 1 atom stereocenters. The topological polar surface area (TPSA) is 27.8 Å². The minimum Gasteiger partial charge on any atom is -0.357 e. The molecule has 0 spiro atoms. The first-order chi connectivity index (χ1) is 7.90. The molecule has 0 aliphatic carbocycles. The van der Waals surface area contributed by atoms with Gasteiger partial charge in [0.2, 0.25) is 0 Å². The molecule has 2 heterocycles. The van der Waals surface area contributed by atoms with Crippen LogP contribution in [0.2, 0.25) is 0 Å². The number of para-hydroxylation sites is 1. The first-order valence-corrected chi connectivity index (χ1v) is 5.84. The van der Waals surface area contributed by atoms with Crippen molar-refractivity contribution in [2.75, 3.05) is 6.54 Å². The van der Waals surface area contributed by atoms with Gasteiger partial charge in [0.15, 0.2) is 0 Å². The van der Waals surface area contributed by atoms with Crippen molar-refractivity contribution >= 4 is 10.9 Å². The highest BCUT2D eigenvalue weighted by Gasteiger charge is 2.22. The summed E-state index contributed by atoms with van der Waals surface area (Å²) in [6.45, 7) is 4.89. The average molecular weight is 212 g/mol. The van der Waals surface area contributed by atoms with Gasteiger partial charge in [-0.05, 0) is 31.0 Å². The normalized spacial score (nSPS) is 19.6. The monoisotopic (exact) mass is 212 g/mol. The molecule has 1 aromatic carbocycles. The zero-order valence-electron chi connectivity index (χ0n) is 9.29. The maximum Gasteiger partial charge on any atom is 0.0510 e. The van der Waals surface area contributed by atoms with Gasteiger partial charge in [-0.25, -0.2) is 0 Å². The second kappa shape index (κ2) is 3.80. The van der Waals surface area contributed by atoms with Gasteiger partial charge in [-0.15, -0.1) is 6.58 Å². The van der Waals surface area contributed by atoms with Crippen LogP contribution in [0.25, 0.3) is 10.9 Å². The van der Waals surface area contributed by atoms with Crippen LogP contribution in [0.3, 0.4) is 0 Å². The number of aromatic nitrogens is 1. The lowest BCUT2D eigenvalue weighted by Gasteiger charge is -2.23. The molecule has 0 bridgehead atoms. The highest BCUT2D eigenvalue weighted by Crippen LogP contribution is 2.31. The van der Waals surface area contributed by atoms with Crippen LogP contribution in [0, 0.1) is 0 Å². The fraction of sp³-hybridized carbons (Fsp3) is 0.286. The number of aromatic amines is 1. The minimum absolute atomic E-state index is 0.411. The summed E-state index contributed by atoms with van der Waals surface area (Å²) in [5.74, 6) is 0. The van der Waals surface area contributed by atoms with Crippen LogP contribution >= 0.6 is 0 Å². The molecular weight excluding hydrogens is 196 g/mol. The smallest absolute Gasteiger partial charge is 0.0510 e. The van der Waals surface area contributed by atoms with Crippen molar-refractivity contribution in [3.63, 3.8) is 0 Å². The predicted octanol–water partition coefficient (Wildman–Crippen LogP) is 2.93. The maximum absolute atomic E-state index is 3.83. The van der Waals surface area contributed by atoms with E-state index in [2.05, 4.69) is 41.1 Å². The summed E-state index contributed by atoms with van der Waals surface area (Å²) in [6.07, 6.45) is 4.09. The number of benzene rings is 1. The average Bonchev–Trinajstić information content (AvgIpc) is 2.69. The molecule has 2 N–H and O–H groups in total. The molecule has 0 amide bonds. The zero-order valence-corrected chi connectivity index (χ0v) is 9.29. The zero-order chi connectivity index (χ0) is 11.0. The Labute approximate surface area is 95.4 Å². The van der Waals surface area contributed by atoms with Crippen LogP contribution in [-0.4, -0.2) is 11.5 Å². The molecule has 2 heteroatoms. The standard InChI is InChI=1S/C14H16N2/c1-2-5-13-14-11(8-9-15-13)10-6-3-4-7-12(10)16-14/h2-4,6-7,13,15-16H,1,5,8-9H2/t13-/m0/s1. The van der Waals surface area contributed by atoms with Gasteiger partial charge in [-0.2, -0.15) is 0 Å². The molecule has 0 fully saturated rings. The highest BCUT2D eigenvalue weighted by atomic mass is 15.0. The Hall–Kier alpha value is -1.54. The van der Waals surface area contributed by atoms with Crippen LogP contribution in [-0.2, 0) is 6.42 Å². The van der Waals surface area contributed by atoms with E-state index in [1.807, 2.05) is 6.08 Å². The second-order valence-corrected chi connectivity index (χ2v) is 4.34. The van der Waals surface area contributed by atoms with Crippen molar-refractivity contribution in [2.24, 2.45) is 0 Å². The Morgan fingerprint density at radius 3 is 3.12 bits per heavy atom. The van der Waals surface area contributed by atoms with E-state index in [-0.39, 0.29) is 0 Å². The number of rotatable bonds is 2. The van der Waals surface area contributed by atoms with E-state index in [0.717, 1.165) is 19.4 Å².